The van der Waals surface area contributed by atoms with Crippen molar-refractivity contribution in [2.45, 2.75) is 63.7 Å². The Bertz CT molecular complexity index is 110. The molecule has 14 heavy (non-hydrogen) atoms. The van der Waals surface area contributed by atoms with E-state index in [0.29, 0.717) is 0 Å². The quantitative estimate of drug-likeness (QED) is 0.563. The van der Waals surface area contributed by atoms with Crippen LogP contribution in [0.5, 0.6) is 0 Å². The van der Waals surface area contributed by atoms with Gasteiger partial charge in [-0.15, -0.1) is 0 Å². The maximum absolute atomic E-state index is 2.48. The molecule has 1 unspecified atom stereocenters. The molecule has 0 saturated heterocycles. The van der Waals surface area contributed by atoms with Crippen molar-refractivity contribution >= 4 is 46.2 Å². The van der Waals surface area contributed by atoms with Crippen LogP contribution in [0.2, 0.25) is 38.0 Å². The Morgan fingerprint density at radius 3 is 1.50 bits per heavy atom. The molecule has 0 saturated carbocycles. The van der Waals surface area contributed by atoms with Crippen molar-refractivity contribution in [3.8, 4) is 0 Å². The number of hydrogen-bond donors (Lipinski definition) is 0. The van der Waals surface area contributed by atoms with Gasteiger partial charge < -0.3 is 0 Å². The Labute approximate surface area is 109 Å². The van der Waals surface area contributed by atoms with Crippen LogP contribution in [0.4, 0.5) is 0 Å². The molecular weight excluding hydrogens is 357 g/mol. The van der Waals surface area contributed by atoms with Gasteiger partial charge in [0.2, 0.25) is 0 Å². The van der Waals surface area contributed by atoms with Gasteiger partial charge in [0.1, 0.15) is 0 Å². The second-order valence-electron chi connectivity index (χ2n) is 4.65. The average Bonchev–Trinajstić information content (AvgIpc) is 2.02. The van der Waals surface area contributed by atoms with Crippen LogP contribution in [0.3, 0.4) is 0 Å². The Balaban J connectivity index is 3.23. The van der Waals surface area contributed by atoms with Gasteiger partial charge in [-0.1, -0.05) is 0 Å². The molecule has 0 aliphatic heterocycles. The fraction of sp³-hybridized carbons (Fsp3) is 1.00. The van der Waals surface area contributed by atoms with Gasteiger partial charge in [-0.05, 0) is 0 Å². The average molecular weight is 384 g/mol. The van der Waals surface area contributed by atoms with Gasteiger partial charge in [-0.3, -0.25) is 0 Å². The molecule has 0 aliphatic carbocycles. The summed E-state index contributed by atoms with van der Waals surface area (Å²) in [6.45, 7) is 0. The van der Waals surface area contributed by atoms with Crippen LogP contribution in [0, 0.1) is 0 Å². The van der Waals surface area contributed by atoms with Crippen molar-refractivity contribution in [1.29, 1.82) is 0 Å². The molecule has 86 valence electrons. The fourth-order valence-corrected chi connectivity index (χ4v) is 5.89. The SMILES string of the molecule is C[As](C)CCCC([AsH2])CCC[As](C)C. The van der Waals surface area contributed by atoms with Crippen LogP contribution >= 0.6 is 0 Å². The van der Waals surface area contributed by atoms with Crippen LogP contribution in [0.15, 0.2) is 0 Å². The summed E-state index contributed by atoms with van der Waals surface area (Å²) < 4.78 is 1.06. The Morgan fingerprint density at radius 2 is 1.21 bits per heavy atom. The predicted octanol–water partition coefficient (Wildman–Crippen LogP) is 3.48. The molecule has 1 atom stereocenters. The maximum atomic E-state index is 2.48. The first kappa shape index (κ1) is 15.7. The van der Waals surface area contributed by atoms with Gasteiger partial charge in [0, 0.05) is 0 Å². The molecule has 0 fully saturated rings. The molecule has 0 radical (unpaired) electrons. The summed E-state index contributed by atoms with van der Waals surface area (Å²) in [5, 5.41) is 3.15. The third-order valence-corrected chi connectivity index (χ3v) is 8.84. The van der Waals surface area contributed by atoms with E-state index >= 15 is 0 Å². The van der Waals surface area contributed by atoms with Crippen LogP contribution in [-0.2, 0) is 0 Å². The van der Waals surface area contributed by atoms with E-state index in [0.717, 1.165) is 4.71 Å². The van der Waals surface area contributed by atoms with Crippen LogP contribution in [0.25, 0.3) is 0 Å². The van der Waals surface area contributed by atoms with Crippen molar-refractivity contribution in [3.05, 3.63) is 0 Å². The van der Waals surface area contributed by atoms with E-state index in [1.807, 2.05) is 16.9 Å². The van der Waals surface area contributed by atoms with E-state index in [9.17, 15) is 0 Å². The van der Waals surface area contributed by atoms with E-state index in [1.165, 1.54) is 25.7 Å². The first-order valence-electron chi connectivity index (χ1n) is 5.57. The zero-order valence-electron chi connectivity index (χ0n) is 10.3. The molecule has 0 spiro atoms. The molecule has 0 aliphatic rings. The molecule has 0 heterocycles. The Morgan fingerprint density at radius 1 is 0.857 bits per heavy atom. The van der Waals surface area contributed by atoms with Gasteiger partial charge >= 0.3 is 110 Å². The predicted molar refractivity (Wildman–Crippen MR) is 75.3 cm³/mol. The van der Waals surface area contributed by atoms with E-state index < -0.39 is 0 Å². The molecular formula is C11H27As3. The van der Waals surface area contributed by atoms with Gasteiger partial charge in [-0.2, -0.15) is 0 Å². The molecule has 0 aromatic heterocycles. The first-order valence-corrected chi connectivity index (χ1v) is 17.1. The standard InChI is InChI=1S/C11H27As3/c1-13(2)9-5-7-11(12)8-6-10-14(3)4/h11H,5-10,12H2,1-4H3. The third kappa shape index (κ3) is 11.7. The Hall–Kier alpha value is 1.68. The van der Waals surface area contributed by atoms with Gasteiger partial charge in [-0.25, -0.2) is 0 Å². The Kier molecular flexibility index (Phi) is 11.1. The molecule has 3 heteroatoms. The first-order chi connectivity index (χ1) is 6.52. The summed E-state index contributed by atoms with van der Waals surface area (Å²) in [6.07, 6.45) is 6.09. The summed E-state index contributed by atoms with van der Waals surface area (Å²) in [5.74, 6) is 0. The molecule has 0 nitrogen and oxygen atoms in total. The molecule has 0 aromatic carbocycles. The minimum absolute atomic E-state index is 0.317. The zero-order chi connectivity index (χ0) is 11.0. The third-order valence-electron chi connectivity index (χ3n) is 2.36. The molecule has 0 amide bonds. The second-order valence-corrected chi connectivity index (χ2v) is 17.6. The van der Waals surface area contributed by atoms with Crippen molar-refractivity contribution in [3.63, 3.8) is 0 Å². The molecule has 0 rings (SSSR count). The van der Waals surface area contributed by atoms with E-state index in [-0.39, 0.29) is 29.3 Å². The van der Waals surface area contributed by atoms with Gasteiger partial charge in [0.05, 0.1) is 0 Å². The summed E-state index contributed by atoms with van der Waals surface area (Å²) >= 11 is 1.36. The second kappa shape index (κ2) is 9.87. The van der Waals surface area contributed by atoms with Crippen LogP contribution in [-0.4, -0.2) is 46.2 Å². The molecule has 0 aromatic rings. The normalized spacial score (nSPS) is 12.0. The zero-order valence-corrected chi connectivity index (χ0v) is 16.5. The van der Waals surface area contributed by atoms with Gasteiger partial charge in [0.25, 0.3) is 0 Å². The van der Waals surface area contributed by atoms with E-state index in [4.69, 9.17) is 0 Å². The molecule has 0 N–H and O–H groups in total. The van der Waals surface area contributed by atoms with Crippen molar-refractivity contribution in [1.82, 2.24) is 0 Å². The summed E-state index contributed by atoms with van der Waals surface area (Å²) in [7, 11) is 0. The fourth-order valence-electron chi connectivity index (χ4n) is 1.48. The van der Waals surface area contributed by atoms with Crippen LogP contribution < -0.4 is 0 Å². The number of hydrogen-bond acceptors (Lipinski definition) is 0. The van der Waals surface area contributed by atoms with Crippen molar-refractivity contribution in [2.24, 2.45) is 0 Å². The molecule has 0 bridgehead atoms. The van der Waals surface area contributed by atoms with Gasteiger partial charge in [0.15, 0.2) is 0 Å². The topological polar surface area (TPSA) is 0 Å². The van der Waals surface area contributed by atoms with E-state index in [1.54, 1.807) is 10.4 Å². The van der Waals surface area contributed by atoms with Crippen LogP contribution in [0.1, 0.15) is 25.7 Å². The number of rotatable bonds is 8. The van der Waals surface area contributed by atoms with Crippen molar-refractivity contribution < 1.29 is 0 Å². The van der Waals surface area contributed by atoms with Crippen molar-refractivity contribution in [2.75, 3.05) is 0 Å². The summed E-state index contributed by atoms with van der Waals surface area (Å²) in [6, 6.07) is 0. The monoisotopic (exact) mass is 384 g/mol. The minimum atomic E-state index is -0.317. The van der Waals surface area contributed by atoms with E-state index in [2.05, 4.69) is 22.8 Å². The summed E-state index contributed by atoms with van der Waals surface area (Å²) in [4.78, 5) is 0. The summed E-state index contributed by atoms with van der Waals surface area (Å²) in [5.41, 5.74) is 9.92.